The predicted molar refractivity (Wildman–Crippen MR) is 33.9 cm³/mol. The summed E-state index contributed by atoms with van der Waals surface area (Å²) in [7, 11) is 0. The van der Waals surface area contributed by atoms with Gasteiger partial charge in [-0.15, -0.1) is 0 Å². The first-order valence-electron chi connectivity index (χ1n) is 3.27. The molecule has 0 aromatic rings. The van der Waals surface area contributed by atoms with Gasteiger partial charge in [-0.2, -0.15) is 0 Å². The Morgan fingerprint density at radius 1 is 0.727 bits per heavy atom. The first kappa shape index (κ1) is 7.78. The van der Waals surface area contributed by atoms with E-state index >= 15 is 0 Å². The van der Waals surface area contributed by atoms with Crippen molar-refractivity contribution in [1.29, 1.82) is 0 Å². The summed E-state index contributed by atoms with van der Waals surface area (Å²) in [5.41, 5.74) is 0. The van der Waals surface area contributed by atoms with Crippen LogP contribution in [0.4, 0.5) is 0 Å². The minimum atomic E-state index is -1.15. The maximum atomic E-state index is 10.6. The molecule has 0 aliphatic heterocycles. The second kappa shape index (κ2) is 2.74. The quantitative estimate of drug-likeness (QED) is 0.346. The lowest BCUT2D eigenvalue weighted by Crippen LogP contribution is -2.26. The topological polar surface area (TPSA) is 68.3 Å². The number of Topliss-reactive ketones (excluding diaryl/α,β-unsaturated/α-hetero) is 4. The first-order chi connectivity index (χ1) is 5.13. The van der Waals surface area contributed by atoms with Gasteiger partial charge in [0, 0.05) is 12.8 Å². The van der Waals surface area contributed by atoms with Crippen molar-refractivity contribution in [2.24, 2.45) is 0 Å². The Morgan fingerprint density at radius 3 is 1.45 bits per heavy atom. The number of carbonyl (C=O) groups excluding carboxylic acids is 4. The molecule has 58 valence electrons. The number of hydrogen-bond donors (Lipinski definition) is 0. The van der Waals surface area contributed by atoms with Crippen LogP contribution in [0.25, 0.3) is 0 Å². The molecule has 1 aliphatic rings. The Morgan fingerprint density at radius 2 is 1.09 bits per heavy atom. The van der Waals surface area contributed by atoms with Crippen molar-refractivity contribution in [3.8, 4) is 0 Å². The van der Waals surface area contributed by atoms with E-state index in [1.54, 1.807) is 0 Å². The van der Waals surface area contributed by atoms with E-state index in [0.29, 0.717) is 6.42 Å². The molecule has 1 fully saturated rings. The largest absolute Gasteiger partial charge is 0.290 e. The smallest absolute Gasteiger partial charge is 0.272 e. The van der Waals surface area contributed by atoms with E-state index in [9.17, 15) is 19.2 Å². The average Bonchev–Trinajstić information content (AvgIpc) is 2.07. The van der Waals surface area contributed by atoms with Gasteiger partial charge < -0.3 is 0 Å². The molecule has 0 aromatic heterocycles. The Bertz CT molecular complexity index is 225. The zero-order valence-corrected chi connectivity index (χ0v) is 5.75. The van der Waals surface area contributed by atoms with Crippen LogP contribution in [0.15, 0.2) is 0 Å². The molecule has 0 aromatic carbocycles. The van der Waals surface area contributed by atoms with Crippen molar-refractivity contribution < 1.29 is 19.2 Å². The Balaban J connectivity index is 2.91. The van der Waals surface area contributed by atoms with Crippen LogP contribution in [0.3, 0.4) is 0 Å². The van der Waals surface area contributed by atoms with Gasteiger partial charge in [-0.3, -0.25) is 19.2 Å². The summed E-state index contributed by atoms with van der Waals surface area (Å²) in [6.45, 7) is 0. The van der Waals surface area contributed by atoms with E-state index < -0.39 is 23.1 Å². The number of rotatable bonds is 0. The molecule has 1 saturated carbocycles. The van der Waals surface area contributed by atoms with Crippen LogP contribution in [-0.4, -0.2) is 23.1 Å². The Hall–Kier alpha value is -1.32. The van der Waals surface area contributed by atoms with Gasteiger partial charge in [0.1, 0.15) is 0 Å². The van der Waals surface area contributed by atoms with E-state index in [0.717, 1.165) is 0 Å². The molecule has 4 heteroatoms. The third-order valence-electron chi connectivity index (χ3n) is 1.52. The monoisotopic (exact) mass is 154 g/mol. The average molecular weight is 154 g/mol. The van der Waals surface area contributed by atoms with Crippen LogP contribution >= 0.6 is 0 Å². The Labute approximate surface area is 62.6 Å². The predicted octanol–water partition coefficient (Wildman–Crippen LogP) is -0.553. The zero-order valence-electron chi connectivity index (χ0n) is 5.75. The normalized spacial score (nSPS) is 20.4. The standard InChI is InChI=1S/C7H6O4/c8-4-2-1-3-5(9)7(11)6(4)10/h1-3H2. The minimum absolute atomic E-state index is 0.0241. The van der Waals surface area contributed by atoms with Gasteiger partial charge in [-0.25, -0.2) is 0 Å². The molecule has 11 heavy (non-hydrogen) atoms. The molecule has 0 bridgehead atoms. The molecule has 1 rings (SSSR count). The van der Waals surface area contributed by atoms with Crippen molar-refractivity contribution in [2.75, 3.05) is 0 Å². The molecule has 0 amide bonds. The fourth-order valence-electron chi connectivity index (χ4n) is 0.890. The molecule has 0 N–H and O–H groups in total. The van der Waals surface area contributed by atoms with Crippen LogP contribution in [0.5, 0.6) is 0 Å². The number of hydrogen-bond acceptors (Lipinski definition) is 4. The van der Waals surface area contributed by atoms with Crippen molar-refractivity contribution in [2.45, 2.75) is 19.3 Å². The van der Waals surface area contributed by atoms with Crippen LogP contribution in [0.1, 0.15) is 19.3 Å². The van der Waals surface area contributed by atoms with Gasteiger partial charge in [0.05, 0.1) is 0 Å². The molecule has 1 aliphatic carbocycles. The lowest BCUT2D eigenvalue weighted by Gasteiger charge is -1.86. The lowest BCUT2D eigenvalue weighted by molar-refractivity contribution is -0.147. The van der Waals surface area contributed by atoms with Gasteiger partial charge in [0.15, 0.2) is 0 Å². The maximum absolute atomic E-state index is 10.6. The fourth-order valence-corrected chi connectivity index (χ4v) is 0.890. The number of carbonyl (C=O) groups is 4. The molecule has 4 nitrogen and oxygen atoms in total. The van der Waals surface area contributed by atoms with Crippen molar-refractivity contribution in [3.05, 3.63) is 0 Å². The summed E-state index contributed by atoms with van der Waals surface area (Å²) in [6.07, 6.45) is 0.363. The van der Waals surface area contributed by atoms with Gasteiger partial charge in [-0.05, 0) is 6.42 Å². The van der Waals surface area contributed by atoms with Gasteiger partial charge in [0.2, 0.25) is 11.6 Å². The van der Waals surface area contributed by atoms with E-state index in [-0.39, 0.29) is 12.8 Å². The minimum Gasteiger partial charge on any atom is -0.290 e. The van der Waals surface area contributed by atoms with Crippen LogP contribution in [0.2, 0.25) is 0 Å². The Kier molecular flexibility index (Phi) is 1.94. The summed E-state index contributed by atoms with van der Waals surface area (Å²) in [5, 5.41) is 0. The van der Waals surface area contributed by atoms with Crippen LogP contribution in [-0.2, 0) is 19.2 Å². The number of ketones is 4. The second-order valence-electron chi connectivity index (χ2n) is 2.36. The van der Waals surface area contributed by atoms with Crippen molar-refractivity contribution in [3.63, 3.8) is 0 Å². The highest BCUT2D eigenvalue weighted by atomic mass is 16.2. The third-order valence-corrected chi connectivity index (χ3v) is 1.52. The third kappa shape index (κ3) is 1.39. The molecule has 0 radical (unpaired) electrons. The highest BCUT2D eigenvalue weighted by molar-refractivity contribution is 6.78. The maximum Gasteiger partial charge on any atom is 0.272 e. The van der Waals surface area contributed by atoms with Crippen molar-refractivity contribution in [1.82, 2.24) is 0 Å². The fraction of sp³-hybridized carbons (Fsp3) is 0.429. The van der Waals surface area contributed by atoms with Gasteiger partial charge >= 0.3 is 0 Å². The highest BCUT2D eigenvalue weighted by Gasteiger charge is 2.30. The highest BCUT2D eigenvalue weighted by Crippen LogP contribution is 2.05. The second-order valence-corrected chi connectivity index (χ2v) is 2.36. The van der Waals surface area contributed by atoms with E-state index in [2.05, 4.69) is 0 Å². The van der Waals surface area contributed by atoms with E-state index in [1.807, 2.05) is 0 Å². The molecular formula is C7H6O4. The van der Waals surface area contributed by atoms with Crippen LogP contribution < -0.4 is 0 Å². The van der Waals surface area contributed by atoms with Gasteiger partial charge in [-0.1, -0.05) is 0 Å². The molecule has 0 heterocycles. The van der Waals surface area contributed by atoms with E-state index in [4.69, 9.17) is 0 Å². The summed E-state index contributed by atoms with van der Waals surface area (Å²) in [5.74, 6) is -3.76. The summed E-state index contributed by atoms with van der Waals surface area (Å²) in [6, 6.07) is 0. The first-order valence-corrected chi connectivity index (χ1v) is 3.27. The summed E-state index contributed by atoms with van der Waals surface area (Å²) >= 11 is 0. The summed E-state index contributed by atoms with van der Waals surface area (Å²) in [4.78, 5) is 42.6. The van der Waals surface area contributed by atoms with E-state index in [1.165, 1.54) is 0 Å². The molecular weight excluding hydrogens is 148 g/mol. The molecule has 0 spiro atoms. The van der Waals surface area contributed by atoms with Gasteiger partial charge in [0.25, 0.3) is 11.6 Å². The molecule has 0 atom stereocenters. The van der Waals surface area contributed by atoms with Crippen LogP contribution in [0, 0.1) is 0 Å². The summed E-state index contributed by atoms with van der Waals surface area (Å²) < 4.78 is 0. The molecule has 0 saturated heterocycles. The zero-order chi connectivity index (χ0) is 8.43. The lowest BCUT2D eigenvalue weighted by atomic mass is 10.1. The molecule has 0 unspecified atom stereocenters. The van der Waals surface area contributed by atoms with Crippen molar-refractivity contribution >= 4 is 23.1 Å². The SMILES string of the molecule is O=C1CCCC(=O)C(=O)C1=O.